The number of halogens is 3. The van der Waals surface area contributed by atoms with E-state index in [4.69, 9.17) is 0 Å². The molecule has 0 aromatic rings. The van der Waals surface area contributed by atoms with E-state index >= 15 is 0 Å². The number of aliphatic imine (C=N–C) groups is 1. The van der Waals surface area contributed by atoms with Crippen molar-refractivity contribution < 1.29 is 4.39 Å². The third-order valence-corrected chi connectivity index (χ3v) is 2.61. The molecule has 0 radical (unpaired) electrons. The SMILES string of the molecule is C=C1NC=NC(C(F)I)=C1Br. The van der Waals surface area contributed by atoms with E-state index in [0.29, 0.717) is 15.9 Å². The molecule has 0 aliphatic carbocycles. The number of nitrogens with zero attached hydrogens (tertiary/aromatic N) is 1. The van der Waals surface area contributed by atoms with Gasteiger partial charge in [-0.05, 0) is 38.5 Å². The molecule has 1 rings (SSSR count). The van der Waals surface area contributed by atoms with Crippen molar-refractivity contribution in [1.82, 2.24) is 5.32 Å². The molecule has 2 nitrogen and oxygen atoms in total. The van der Waals surface area contributed by atoms with Crippen molar-refractivity contribution in [2.45, 2.75) is 4.18 Å². The predicted octanol–water partition coefficient (Wildman–Crippen LogP) is 2.47. The molecule has 1 heterocycles. The van der Waals surface area contributed by atoms with Gasteiger partial charge in [0, 0.05) is 5.70 Å². The molecule has 1 unspecified atom stereocenters. The Morgan fingerprint density at radius 3 is 2.91 bits per heavy atom. The summed E-state index contributed by atoms with van der Waals surface area (Å²) < 4.78 is 12.2. The molecule has 60 valence electrons. The molecule has 1 N–H and O–H groups in total. The highest BCUT2D eigenvalue weighted by molar-refractivity contribution is 14.1. The van der Waals surface area contributed by atoms with Crippen molar-refractivity contribution in [2.24, 2.45) is 4.99 Å². The minimum absolute atomic E-state index is 0.370. The molecule has 1 aliphatic heterocycles. The second-order valence-corrected chi connectivity index (χ2v) is 3.77. The summed E-state index contributed by atoms with van der Waals surface area (Å²) in [7, 11) is 0. The summed E-state index contributed by atoms with van der Waals surface area (Å²) in [4.78, 5) is 3.81. The molecule has 1 aliphatic rings. The van der Waals surface area contributed by atoms with Crippen LogP contribution >= 0.6 is 38.5 Å². The zero-order chi connectivity index (χ0) is 8.43. The molecule has 1 atom stereocenters. The summed E-state index contributed by atoms with van der Waals surface area (Å²) in [6.07, 6.45) is 1.42. The van der Waals surface area contributed by atoms with Gasteiger partial charge in [0.05, 0.1) is 10.8 Å². The van der Waals surface area contributed by atoms with Crippen LogP contribution in [0.2, 0.25) is 0 Å². The lowest BCUT2D eigenvalue weighted by molar-refractivity contribution is 0.516. The Morgan fingerprint density at radius 2 is 2.45 bits per heavy atom. The van der Waals surface area contributed by atoms with Gasteiger partial charge in [-0.1, -0.05) is 6.58 Å². The fraction of sp³-hybridized carbons (Fsp3) is 0.167. The van der Waals surface area contributed by atoms with Crippen LogP contribution in [0.1, 0.15) is 0 Å². The summed E-state index contributed by atoms with van der Waals surface area (Å²) in [5.41, 5.74) is 1.00. The second kappa shape index (κ2) is 3.66. The van der Waals surface area contributed by atoms with Crippen LogP contribution in [-0.2, 0) is 0 Å². The van der Waals surface area contributed by atoms with Gasteiger partial charge >= 0.3 is 0 Å². The van der Waals surface area contributed by atoms with Crippen LogP contribution in [0.4, 0.5) is 4.39 Å². The van der Waals surface area contributed by atoms with Crippen LogP contribution in [0, 0.1) is 0 Å². The third-order valence-electron chi connectivity index (χ3n) is 1.14. The monoisotopic (exact) mass is 330 g/mol. The topological polar surface area (TPSA) is 24.4 Å². The first-order valence-electron chi connectivity index (χ1n) is 2.79. The quantitative estimate of drug-likeness (QED) is 0.579. The van der Waals surface area contributed by atoms with Gasteiger partial charge in [-0.15, -0.1) is 0 Å². The minimum atomic E-state index is -1.10. The van der Waals surface area contributed by atoms with Gasteiger partial charge in [0.1, 0.15) is 5.70 Å². The zero-order valence-electron chi connectivity index (χ0n) is 5.44. The van der Waals surface area contributed by atoms with Crippen molar-refractivity contribution >= 4 is 44.9 Å². The first-order valence-corrected chi connectivity index (χ1v) is 4.83. The van der Waals surface area contributed by atoms with E-state index in [2.05, 4.69) is 32.8 Å². The van der Waals surface area contributed by atoms with E-state index in [1.54, 1.807) is 22.6 Å². The summed E-state index contributed by atoms with van der Waals surface area (Å²) in [5.74, 6) is 0. The van der Waals surface area contributed by atoms with E-state index in [-0.39, 0.29) is 0 Å². The fourth-order valence-corrected chi connectivity index (χ4v) is 1.92. The maximum Gasteiger partial charge on any atom is 0.194 e. The van der Waals surface area contributed by atoms with Gasteiger partial charge in [-0.25, -0.2) is 9.38 Å². The maximum absolute atomic E-state index is 12.7. The molecule has 0 saturated heterocycles. The highest BCUT2D eigenvalue weighted by atomic mass is 127. The Hall–Kier alpha value is 0.0900. The highest BCUT2D eigenvalue weighted by Gasteiger charge is 2.16. The first-order chi connectivity index (χ1) is 5.13. The average molecular weight is 331 g/mol. The van der Waals surface area contributed by atoms with Gasteiger partial charge < -0.3 is 5.32 Å². The van der Waals surface area contributed by atoms with Crippen LogP contribution in [0.15, 0.2) is 27.4 Å². The smallest absolute Gasteiger partial charge is 0.194 e. The van der Waals surface area contributed by atoms with Crippen molar-refractivity contribution in [3.05, 3.63) is 22.5 Å². The summed E-state index contributed by atoms with van der Waals surface area (Å²) >= 11 is 4.83. The van der Waals surface area contributed by atoms with Crippen LogP contribution < -0.4 is 5.32 Å². The summed E-state index contributed by atoms with van der Waals surface area (Å²) in [6.45, 7) is 3.65. The molecular weight excluding hydrogens is 326 g/mol. The van der Waals surface area contributed by atoms with Crippen molar-refractivity contribution in [2.75, 3.05) is 0 Å². The van der Waals surface area contributed by atoms with E-state index in [0.717, 1.165) is 0 Å². The average Bonchev–Trinajstić information content (AvgIpc) is 1.94. The molecule has 0 saturated carbocycles. The van der Waals surface area contributed by atoms with Crippen LogP contribution in [0.25, 0.3) is 0 Å². The lowest BCUT2D eigenvalue weighted by Gasteiger charge is -2.13. The molecule has 0 fully saturated rings. The molecule has 5 heteroatoms. The highest BCUT2D eigenvalue weighted by Crippen LogP contribution is 2.28. The summed E-state index contributed by atoms with van der Waals surface area (Å²) in [6, 6.07) is 0. The molecule has 0 aromatic heterocycles. The number of alkyl halides is 2. The first kappa shape index (κ1) is 9.18. The van der Waals surface area contributed by atoms with E-state index in [1.165, 1.54) is 6.34 Å². The molecule has 0 aromatic carbocycles. The normalized spacial score (nSPS) is 20.1. The zero-order valence-corrected chi connectivity index (χ0v) is 9.19. The Balaban J connectivity index is 2.98. The van der Waals surface area contributed by atoms with Gasteiger partial charge in [-0.2, -0.15) is 0 Å². The molecule has 11 heavy (non-hydrogen) atoms. The van der Waals surface area contributed by atoms with Gasteiger partial charge in [0.2, 0.25) is 0 Å². The number of allylic oxidation sites excluding steroid dienone is 2. The molecule has 0 amide bonds. The summed E-state index contributed by atoms with van der Waals surface area (Å²) in [5, 5.41) is 2.76. The van der Waals surface area contributed by atoms with Crippen molar-refractivity contribution in [1.29, 1.82) is 0 Å². The fourth-order valence-electron chi connectivity index (χ4n) is 0.607. The maximum atomic E-state index is 12.7. The van der Waals surface area contributed by atoms with Gasteiger partial charge in [-0.3, -0.25) is 0 Å². The number of nitrogens with one attached hydrogen (secondary N) is 1. The second-order valence-electron chi connectivity index (χ2n) is 1.88. The molecule has 0 bridgehead atoms. The Kier molecular flexibility index (Phi) is 3.06. The minimum Gasteiger partial charge on any atom is -0.346 e. The number of hydrogen-bond acceptors (Lipinski definition) is 2. The Labute approximate surface area is 85.9 Å². The van der Waals surface area contributed by atoms with Gasteiger partial charge in [0.25, 0.3) is 0 Å². The van der Waals surface area contributed by atoms with E-state index in [1.807, 2.05) is 0 Å². The molecule has 0 spiro atoms. The third kappa shape index (κ3) is 2.02. The standard InChI is InChI=1S/C6H5BrFIN2/c1-3-4(7)5(6(8)9)11-2-10-3/h2,6H,1H2,(H,10,11). The van der Waals surface area contributed by atoms with Crippen LogP contribution in [0.3, 0.4) is 0 Å². The van der Waals surface area contributed by atoms with Gasteiger partial charge in [0.15, 0.2) is 4.18 Å². The largest absolute Gasteiger partial charge is 0.346 e. The lowest BCUT2D eigenvalue weighted by atomic mass is 10.3. The van der Waals surface area contributed by atoms with Crippen molar-refractivity contribution in [3.63, 3.8) is 0 Å². The van der Waals surface area contributed by atoms with E-state index in [9.17, 15) is 4.39 Å². The van der Waals surface area contributed by atoms with Crippen LogP contribution in [-0.4, -0.2) is 10.5 Å². The predicted molar refractivity (Wildman–Crippen MR) is 55.6 cm³/mol. The van der Waals surface area contributed by atoms with E-state index < -0.39 is 4.18 Å². The number of hydrogen-bond donors (Lipinski definition) is 1. The Morgan fingerprint density at radius 1 is 1.82 bits per heavy atom. The molecular formula is C6H5BrFIN2. The lowest BCUT2D eigenvalue weighted by Crippen LogP contribution is -2.16. The van der Waals surface area contributed by atoms with Crippen molar-refractivity contribution in [3.8, 4) is 0 Å². The number of rotatable bonds is 1. The Bertz CT molecular complexity index is 247. The van der Waals surface area contributed by atoms with Crippen LogP contribution in [0.5, 0.6) is 0 Å².